The number of para-hydroxylation sites is 1. The van der Waals surface area contributed by atoms with E-state index in [2.05, 4.69) is 4.98 Å². The lowest BCUT2D eigenvalue weighted by Gasteiger charge is -2.30. The highest BCUT2D eigenvalue weighted by molar-refractivity contribution is 7.91. The van der Waals surface area contributed by atoms with Crippen LogP contribution >= 0.6 is 0 Å². The van der Waals surface area contributed by atoms with Gasteiger partial charge in [0, 0.05) is 23.4 Å². The third-order valence-electron chi connectivity index (χ3n) is 4.17. The summed E-state index contributed by atoms with van der Waals surface area (Å²) >= 11 is 0. The molecule has 20 heavy (non-hydrogen) atoms. The maximum Gasteiger partial charge on any atom is 0.153 e. The normalized spacial score (nSPS) is 27.0. The van der Waals surface area contributed by atoms with Gasteiger partial charge in [0.05, 0.1) is 10.8 Å². The molecule has 1 aliphatic carbocycles. The van der Waals surface area contributed by atoms with Crippen molar-refractivity contribution in [2.24, 2.45) is 0 Å². The molecule has 1 aromatic heterocycles. The lowest BCUT2D eigenvalue weighted by Crippen LogP contribution is -2.39. The third kappa shape index (κ3) is 2.01. The zero-order chi connectivity index (χ0) is 14.4. The molecule has 1 heterocycles. The molecule has 1 saturated carbocycles. The summed E-state index contributed by atoms with van der Waals surface area (Å²) < 4.78 is 24.0. The number of hydrogen-bond acceptors (Lipinski definition) is 4. The maximum atomic E-state index is 12.0. The Kier molecular flexibility index (Phi) is 3.06. The molecule has 4 nitrogen and oxygen atoms in total. The number of benzene rings is 1. The fourth-order valence-electron chi connectivity index (χ4n) is 3.29. The van der Waals surface area contributed by atoms with Crippen LogP contribution in [0.1, 0.15) is 24.8 Å². The molecular formula is C15H17NO3S. The third-order valence-corrected chi connectivity index (χ3v) is 5.83. The Morgan fingerprint density at radius 2 is 2.05 bits per heavy atom. The molecule has 1 N–H and O–H groups in total. The Morgan fingerprint density at radius 1 is 1.30 bits per heavy atom. The quantitative estimate of drug-likeness (QED) is 0.919. The minimum atomic E-state index is -3.30. The van der Waals surface area contributed by atoms with Gasteiger partial charge in [-0.05, 0) is 25.3 Å². The number of aromatic nitrogens is 1. The molecular weight excluding hydrogens is 274 g/mol. The molecule has 2 aromatic rings. The van der Waals surface area contributed by atoms with E-state index in [0.717, 1.165) is 5.39 Å². The summed E-state index contributed by atoms with van der Waals surface area (Å²) in [5.41, 5.74) is -0.0156. The smallest absolute Gasteiger partial charge is 0.153 e. The Morgan fingerprint density at radius 3 is 2.80 bits per heavy atom. The number of fused-ring (bicyclic) bond motifs is 1. The molecule has 0 bridgehead atoms. The standard InChI is InChI=1S/C15H17NO3S/c1-20(18,19)13-8-3-9-15(13,17)12-7-2-5-11-6-4-10-16-14(11)12/h2,4-7,10,13,17H,3,8-9H2,1H3. The van der Waals surface area contributed by atoms with E-state index in [1.165, 1.54) is 6.26 Å². The van der Waals surface area contributed by atoms with Crippen molar-refractivity contribution in [3.8, 4) is 0 Å². The van der Waals surface area contributed by atoms with Crippen molar-refractivity contribution < 1.29 is 13.5 Å². The van der Waals surface area contributed by atoms with Gasteiger partial charge in [0.1, 0.15) is 5.60 Å². The summed E-state index contributed by atoms with van der Waals surface area (Å²) in [5, 5.41) is 11.2. The molecule has 3 rings (SSSR count). The van der Waals surface area contributed by atoms with Crippen molar-refractivity contribution in [3.63, 3.8) is 0 Å². The molecule has 0 amide bonds. The Bertz CT molecular complexity index is 751. The van der Waals surface area contributed by atoms with Crippen LogP contribution in [0.3, 0.4) is 0 Å². The van der Waals surface area contributed by atoms with Gasteiger partial charge in [-0.3, -0.25) is 4.98 Å². The highest BCUT2D eigenvalue weighted by Gasteiger charge is 2.48. The number of nitrogens with zero attached hydrogens (tertiary/aromatic N) is 1. The first-order valence-electron chi connectivity index (χ1n) is 6.68. The van der Waals surface area contributed by atoms with E-state index in [0.29, 0.717) is 30.3 Å². The molecule has 1 fully saturated rings. The van der Waals surface area contributed by atoms with Gasteiger partial charge in [-0.1, -0.05) is 24.3 Å². The highest BCUT2D eigenvalue weighted by Crippen LogP contribution is 2.44. The number of sulfone groups is 1. The van der Waals surface area contributed by atoms with Crippen LogP contribution in [0.2, 0.25) is 0 Å². The van der Waals surface area contributed by atoms with Gasteiger partial charge in [-0.25, -0.2) is 8.42 Å². The largest absolute Gasteiger partial charge is 0.384 e. The van der Waals surface area contributed by atoms with E-state index < -0.39 is 20.7 Å². The summed E-state index contributed by atoms with van der Waals surface area (Å²) in [4.78, 5) is 4.33. The molecule has 2 atom stereocenters. The van der Waals surface area contributed by atoms with Crippen molar-refractivity contribution in [1.82, 2.24) is 4.98 Å². The number of hydrogen-bond donors (Lipinski definition) is 1. The van der Waals surface area contributed by atoms with E-state index in [1.807, 2.05) is 24.3 Å². The number of pyridine rings is 1. The van der Waals surface area contributed by atoms with Gasteiger partial charge >= 0.3 is 0 Å². The van der Waals surface area contributed by atoms with Crippen LogP contribution < -0.4 is 0 Å². The summed E-state index contributed by atoms with van der Waals surface area (Å²) in [7, 11) is -3.30. The van der Waals surface area contributed by atoms with Gasteiger partial charge in [0.15, 0.2) is 9.84 Å². The van der Waals surface area contributed by atoms with Crippen LogP contribution in [0.5, 0.6) is 0 Å². The van der Waals surface area contributed by atoms with Gasteiger partial charge in [0.25, 0.3) is 0 Å². The van der Waals surface area contributed by atoms with Gasteiger partial charge in [0.2, 0.25) is 0 Å². The van der Waals surface area contributed by atoms with Gasteiger partial charge < -0.3 is 5.11 Å². The van der Waals surface area contributed by atoms with E-state index >= 15 is 0 Å². The van der Waals surface area contributed by atoms with E-state index in [4.69, 9.17) is 0 Å². The van der Waals surface area contributed by atoms with Crippen molar-refractivity contribution in [2.75, 3.05) is 6.26 Å². The second-order valence-electron chi connectivity index (χ2n) is 5.52. The van der Waals surface area contributed by atoms with Crippen molar-refractivity contribution in [2.45, 2.75) is 30.1 Å². The van der Waals surface area contributed by atoms with E-state index in [1.54, 1.807) is 12.3 Å². The summed E-state index contributed by atoms with van der Waals surface area (Å²) in [6, 6.07) is 9.30. The molecule has 0 radical (unpaired) electrons. The molecule has 0 saturated heterocycles. The van der Waals surface area contributed by atoms with Gasteiger partial charge in [-0.15, -0.1) is 0 Å². The molecule has 0 spiro atoms. The predicted molar refractivity (Wildman–Crippen MR) is 78.1 cm³/mol. The zero-order valence-corrected chi connectivity index (χ0v) is 12.1. The first kappa shape index (κ1) is 13.5. The van der Waals surface area contributed by atoms with Crippen LogP contribution in [0.4, 0.5) is 0 Å². The fraction of sp³-hybridized carbons (Fsp3) is 0.400. The van der Waals surface area contributed by atoms with Crippen LogP contribution in [0.15, 0.2) is 36.5 Å². The summed E-state index contributed by atoms with van der Waals surface area (Å²) in [6.07, 6.45) is 4.53. The minimum absolute atomic E-state index is 0.459. The molecule has 106 valence electrons. The van der Waals surface area contributed by atoms with Crippen molar-refractivity contribution >= 4 is 20.7 Å². The van der Waals surface area contributed by atoms with Crippen molar-refractivity contribution in [1.29, 1.82) is 0 Å². The minimum Gasteiger partial charge on any atom is -0.384 e. The first-order valence-corrected chi connectivity index (χ1v) is 8.64. The van der Waals surface area contributed by atoms with E-state index in [-0.39, 0.29) is 0 Å². The van der Waals surface area contributed by atoms with Crippen LogP contribution in [-0.2, 0) is 15.4 Å². The SMILES string of the molecule is CS(=O)(=O)C1CCCC1(O)c1cccc2cccnc12. The highest BCUT2D eigenvalue weighted by atomic mass is 32.2. The Balaban J connectivity index is 2.24. The molecule has 0 aliphatic heterocycles. The first-order chi connectivity index (χ1) is 9.43. The Labute approximate surface area is 118 Å². The lowest BCUT2D eigenvalue weighted by molar-refractivity contribution is 0.0490. The van der Waals surface area contributed by atoms with Gasteiger partial charge in [-0.2, -0.15) is 0 Å². The van der Waals surface area contributed by atoms with Crippen molar-refractivity contribution in [3.05, 3.63) is 42.1 Å². The predicted octanol–water partition coefficient (Wildman–Crippen LogP) is 2.02. The Hall–Kier alpha value is -1.46. The van der Waals surface area contributed by atoms with Crippen LogP contribution in [-0.4, -0.2) is 30.0 Å². The van der Waals surface area contributed by atoms with Crippen LogP contribution in [0, 0.1) is 0 Å². The number of rotatable bonds is 2. The summed E-state index contributed by atoms with van der Waals surface area (Å²) in [6.45, 7) is 0. The molecule has 2 unspecified atom stereocenters. The molecule has 5 heteroatoms. The lowest BCUT2D eigenvalue weighted by atomic mass is 9.90. The topological polar surface area (TPSA) is 67.3 Å². The zero-order valence-electron chi connectivity index (χ0n) is 11.3. The fourth-order valence-corrected chi connectivity index (χ4v) is 4.83. The summed E-state index contributed by atoms with van der Waals surface area (Å²) in [5.74, 6) is 0. The number of aliphatic hydroxyl groups is 1. The monoisotopic (exact) mass is 291 g/mol. The second-order valence-corrected chi connectivity index (χ2v) is 7.74. The molecule has 1 aromatic carbocycles. The van der Waals surface area contributed by atoms with E-state index in [9.17, 15) is 13.5 Å². The maximum absolute atomic E-state index is 12.0. The average Bonchev–Trinajstić information content (AvgIpc) is 2.81. The average molecular weight is 291 g/mol. The van der Waals surface area contributed by atoms with Crippen LogP contribution in [0.25, 0.3) is 10.9 Å². The second kappa shape index (κ2) is 4.53. The molecule has 1 aliphatic rings.